The summed E-state index contributed by atoms with van der Waals surface area (Å²) in [6.07, 6.45) is 5.69. The summed E-state index contributed by atoms with van der Waals surface area (Å²) < 4.78 is 1.85. The molecule has 0 aliphatic rings. The standard InChI is InChI=1S/C19H19N7O/c1-13-4-5-16-15(9-13)22-12-26(16)11-18(27)21-8-6-17-23-19(25-24-17)14-3-2-7-20-10-14/h2-5,7,9-10,12H,6,8,11H2,1H3,(H,21,27)(H,23,24,25). The number of aromatic nitrogens is 6. The highest BCUT2D eigenvalue weighted by Crippen LogP contribution is 2.14. The number of H-pyrrole nitrogens is 1. The van der Waals surface area contributed by atoms with Gasteiger partial charge in [0.15, 0.2) is 5.82 Å². The first kappa shape index (κ1) is 16.9. The van der Waals surface area contributed by atoms with E-state index in [2.05, 4.69) is 30.5 Å². The molecule has 0 aliphatic heterocycles. The molecule has 8 nitrogen and oxygen atoms in total. The summed E-state index contributed by atoms with van der Waals surface area (Å²) in [7, 11) is 0. The summed E-state index contributed by atoms with van der Waals surface area (Å²) in [4.78, 5) is 25.1. The zero-order chi connectivity index (χ0) is 18.6. The fourth-order valence-electron chi connectivity index (χ4n) is 2.86. The molecule has 0 spiro atoms. The van der Waals surface area contributed by atoms with Crippen molar-refractivity contribution in [3.05, 3.63) is 60.4 Å². The van der Waals surface area contributed by atoms with Gasteiger partial charge in [0.2, 0.25) is 5.91 Å². The lowest BCUT2D eigenvalue weighted by Crippen LogP contribution is -2.29. The maximum absolute atomic E-state index is 12.2. The van der Waals surface area contributed by atoms with Crippen LogP contribution in [-0.4, -0.2) is 42.2 Å². The summed E-state index contributed by atoms with van der Waals surface area (Å²) in [6, 6.07) is 9.75. The molecule has 0 radical (unpaired) electrons. The fourth-order valence-corrected chi connectivity index (χ4v) is 2.86. The van der Waals surface area contributed by atoms with Crippen LogP contribution in [0.15, 0.2) is 49.1 Å². The van der Waals surface area contributed by atoms with Crippen LogP contribution < -0.4 is 5.32 Å². The van der Waals surface area contributed by atoms with Crippen molar-refractivity contribution in [2.24, 2.45) is 0 Å². The van der Waals surface area contributed by atoms with E-state index in [0.717, 1.165) is 28.0 Å². The topological polar surface area (TPSA) is 101 Å². The van der Waals surface area contributed by atoms with E-state index >= 15 is 0 Å². The molecule has 0 atom stereocenters. The minimum absolute atomic E-state index is 0.0677. The van der Waals surface area contributed by atoms with E-state index in [1.807, 2.05) is 41.8 Å². The van der Waals surface area contributed by atoms with Gasteiger partial charge in [-0.1, -0.05) is 6.07 Å². The summed E-state index contributed by atoms with van der Waals surface area (Å²) in [6.45, 7) is 2.73. The first-order chi connectivity index (χ1) is 13.2. The Kier molecular flexibility index (Phi) is 4.61. The van der Waals surface area contributed by atoms with Gasteiger partial charge in [-0.3, -0.25) is 14.9 Å². The SMILES string of the molecule is Cc1ccc2c(c1)ncn2CC(=O)NCCc1nc(-c2cccnc2)n[nH]1. The molecule has 3 aromatic heterocycles. The molecular weight excluding hydrogens is 342 g/mol. The Morgan fingerprint density at radius 3 is 3.07 bits per heavy atom. The quantitative estimate of drug-likeness (QED) is 0.546. The molecule has 0 unspecified atom stereocenters. The summed E-state index contributed by atoms with van der Waals surface area (Å²) in [5, 5.41) is 9.99. The molecule has 0 saturated heterocycles. The second-order valence-corrected chi connectivity index (χ2v) is 6.31. The fraction of sp³-hybridized carbons (Fsp3) is 0.211. The van der Waals surface area contributed by atoms with Crippen molar-refractivity contribution in [3.8, 4) is 11.4 Å². The number of hydrogen-bond acceptors (Lipinski definition) is 5. The minimum Gasteiger partial charge on any atom is -0.354 e. The molecule has 0 fully saturated rings. The molecule has 1 amide bonds. The number of nitrogens with one attached hydrogen (secondary N) is 2. The summed E-state index contributed by atoms with van der Waals surface area (Å²) in [5.41, 5.74) is 3.85. The number of hydrogen-bond donors (Lipinski definition) is 2. The third kappa shape index (κ3) is 3.84. The number of carbonyl (C=O) groups excluding carboxylic acids is 1. The highest BCUT2D eigenvalue weighted by Gasteiger charge is 2.09. The summed E-state index contributed by atoms with van der Waals surface area (Å²) in [5.74, 6) is 1.25. The first-order valence-electron chi connectivity index (χ1n) is 8.69. The predicted octanol–water partition coefficient (Wildman–Crippen LogP) is 1.88. The van der Waals surface area contributed by atoms with E-state index in [1.165, 1.54) is 0 Å². The predicted molar refractivity (Wildman–Crippen MR) is 101 cm³/mol. The third-order valence-electron chi connectivity index (χ3n) is 4.23. The monoisotopic (exact) mass is 361 g/mol. The van der Waals surface area contributed by atoms with Crippen molar-refractivity contribution < 1.29 is 4.79 Å². The number of nitrogens with zero attached hydrogens (tertiary/aromatic N) is 5. The number of amides is 1. The van der Waals surface area contributed by atoms with Gasteiger partial charge in [-0.2, -0.15) is 5.10 Å². The molecule has 0 saturated carbocycles. The minimum atomic E-state index is -0.0677. The maximum Gasteiger partial charge on any atom is 0.240 e. The van der Waals surface area contributed by atoms with E-state index in [4.69, 9.17) is 0 Å². The Morgan fingerprint density at radius 1 is 1.30 bits per heavy atom. The molecule has 27 heavy (non-hydrogen) atoms. The second-order valence-electron chi connectivity index (χ2n) is 6.31. The number of fused-ring (bicyclic) bond motifs is 1. The molecule has 0 aliphatic carbocycles. The number of rotatable bonds is 6. The zero-order valence-corrected chi connectivity index (χ0v) is 14.9. The Labute approximate surface area is 155 Å². The van der Waals surface area contributed by atoms with Crippen LogP contribution in [0, 0.1) is 6.92 Å². The second kappa shape index (κ2) is 7.36. The van der Waals surface area contributed by atoms with Gasteiger partial charge in [0.25, 0.3) is 0 Å². The van der Waals surface area contributed by atoms with Crippen molar-refractivity contribution in [3.63, 3.8) is 0 Å². The van der Waals surface area contributed by atoms with Crippen LogP contribution in [0.2, 0.25) is 0 Å². The smallest absolute Gasteiger partial charge is 0.240 e. The number of aryl methyl sites for hydroxylation is 1. The van der Waals surface area contributed by atoms with Crippen molar-refractivity contribution >= 4 is 16.9 Å². The zero-order valence-electron chi connectivity index (χ0n) is 14.9. The van der Waals surface area contributed by atoms with Crippen molar-refractivity contribution in [2.75, 3.05) is 6.54 Å². The van der Waals surface area contributed by atoms with Crippen molar-refractivity contribution in [1.82, 2.24) is 35.0 Å². The van der Waals surface area contributed by atoms with Crippen LogP contribution in [0.4, 0.5) is 0 Å². The van der Waals surface area contributed by atoms with E-state index < -0.39 is 0 Å². The highest BCUT2D eigenvalue weighted by molar-refractivity contribution is 5.80. The van der Waals surface area contributed by atoms with Gasteiger partial charge in [0, 0.05) is 30.9 Å². The molecular formula is C19H19N7O. The lowest BCUT2D eigenvalue weighted by atomic mass is 10.2. The van der Waals surface area contributed by atoms with Gasteiger partial charge in [-0.15, -0.1) is 0 Å². The molecule has 2 N–H and O–H groups in total. The Morgan fingerprint density at radius 2 is 2.22 bits per heavy atom. The highest BCUT2D eigenvalue weighted by atomic mass is 16.1. The normalized spacial score (nSPS) is 11.0. The van der Waals surface area contributed by atoms with Crippen molar-refractivity contribution in [2.45, 2.75) is 19.9 Å². The lowest BCUT2D eigenvalue weighted by Gasteiger charge is -2.06. The van der Waals surface area contributed by atoms with Gasteiger partial charge in [0.1, 0.15) is 12.4 Å². The van der Waals surface area contributed by atoms with Crippen LogP contribution in [0.1, 0.15) is 11.4 Å². The largest absolute Gasteiger partial charge is 0.354 e. The lowest BCUT2D eigenvalue weighted by molar-refractivity contribution is -0.121. The van der Waals surface area contributed by atoms with E-state index in [1.54, 1.807) is 18.7 Å². The van der Waals surface area contributed by atoms with Crippen LogP contribution in [0.25, 0.3) is 22.4 Å². The Bertz CT molecular complexity index is 1070. The van der Waals surface area contributed by atoms with E-state index in [9.17, 15) is 4.79 Å². The van der Waals surface area contributed by atoms with Crippen LogP contribution in [0.5, 0.6) is 0 Å². The number of pyridine rings is 1. The average Bonchev–Trinajstić information content (AvgIpc) is 3.30. The van der Waals surface area contributed by atoms with Crippen LogP contribution >= 0.6 is 0 Å². The number of imidazole rings is 1. The molecule has 136 valence electrons. The number of aromatic amines is 1. The van der Waals surface area contributed by atoms with Crippen molar-refractivity contribution in [1.29, 1.82) is 0 Å². The Hall–Kier alpha value is -3.55. The summed E-state index contributed by atoms with van der Waals surface area (Å²) >= 11 is 0. The number of carbonyl (C=O) groups is 1. The van der Waals surface area contributed by atoms with Crippen LogP contribution in [-0.2, 0) is 17.8 Å². The van der Waals surface area contributed by atoms with E-state index in [-0.39, 0.29) is 12.5 Å². The van der Waals surface area contributed by atoms with Gasteiger partial charge < -0.3 is 9.88 Å². The molecule has 0 bridgehead atoms. The maximum atomic E-state index is 12.2. The molecule has 4 aromatic rings. The Balaban J connectivity index is 1.31. The van der Waals surface area contributed by atoms with Gasteiger partial charge in [-0.05, 0) is 36.8 Å². The average molecular weight is 361 g/mol. The van der Waals surface area contributed by atoms with Crippen LogP contribution in [0.3, 0.4) is 0 Å². The first-order valence-corrected chi connectivity index (χ1v) is 8.69. The third-order valence-corrected chi connectivity index (χ3v) is 4.23. The van der Waals surface area contributed by atoms with Gasteiger partial charge >= 0.3 is 0 Å². The number of benzene rings is 1. The molecule has 3 heterocycles. The van der Waals surface area contributed by atoms with Gasteiger partial charge in [-0.25, -0.2) is 9.97 Å². The van der Waals surface area contributed by atoms with E-state index in [0.29, 0.717) is 18.8 Å². The van der Waals surface area contributed by atoms with Gasteiger partial charge in [0.05, 0.1) is 17.4 Å². The molecule has 4 rings (SSSR count). The molecule has 1 aromatic carbocycles. The molecule has 8 heteroatoms.